The molecule has 3 aromatic heterocycles. The number of imidazole rings is 1. The Bertz CT molecular complexity index is 1260. The Labute approximate surface area is 230 Å². The Balaban J connectivity index is 0.000000276. The molecule has 2 N–H and O–H groups in total. The minimum atomic E-state index is -5.08. The number of rotatable bonds is 4. The molecule has 0 spiro atoms. The minimum absolute atomic E-state index is 0.306. The number of aromatic nitrogens is 2. The maximum atomic E-state index is 10.6. The second kappa shape index (κ2) is 13.2. The number of alkyl halides is 6. The first-order chi connectivity index (χ1) is 19.2. The van der Waals surface area contributed by atoms with Crippen LogP contribution in [-0.2, 0) is 16.1 Å². The van der Waals surface area contributed by atoms with Crippen molar-refractivity contribution in [2.75, 3.05) is 44.7 Å². The smallest absolute Gasteiger partial charge is 0.475 e. The van der Waals surface area contributed by atoms with E-state index in [2.05, 4.69) is 56.6 Å². The van der Waals surface area contributed by atoms with Gasteiger partial charge in [-0.1, -0.05) is 6.07 Å². The van der Waals surface area contributed by atoms with E-state index in [1.54, 1.807) is 6.26 Å². The number of furan rings is 1. The van der Waals surface area contributed by atoms with E-state index in [9.17, 15) is 26.3 Å². The number of hydrogen-bond donors (Lipinski definition) is 2. The van der Waals surface area contributed by atoms with Crippen LogP contribution in [0.3, 0.4) is 0 Å². The number of carbonyl (C=O) groups is 2. The van der Waals surface area contributed by atoms with Gasteiger partial charge in [-0.25, -0.2) is 14.6 Å². The molecule has 10 nitrogen and oxygen atoms in total. The van der Waals surface area contributed by atoms with Gasteiger partial charge in [-0.2, -0.15) is 26.3 Å². The third-order valence-corrected chi connectivity index (χ3v) is 6.44. The number of carboxylic acids is 2. The summed E-state index contributed by atoms with van der Waals surface area (Å²) < 4.78 is 71.3. The van der Waals surface area contributed by atoms with E-state index in [-0.39, 0.29) is 0 Å². The summed E-state index contributed by atoms with van der Waals surface area (Å²) in [5.41, 5.74) is 2.21. The molecule has 1 atom stereocenters. The molecule has 41 heavy (non-hydrogen) atoms. The van der Waals surface area contributed by atoms with Crippen molar-refractivity contribution in [3.63, 3.8) is 0 Å². The van der Waals surface area contributed by atoms with Crippen LogP contribution >= 0.6 is 0 Å². The molecule has 2 aliphatic heterocycles. The van der Waals surface area contributed by atoms with Crippen LogP contribution in [0.25, 0.3) is 5.65 Å². The number of nitrogens with zero attached hydrogens (tertiary/aromatic N) is 5. The van der Waals surface area contributed by atoms with E-state index >= 15 is 0 Å². The van der Waals surface area contributed by atoms with Crippen molar-refractivity contribution in [2.45, 2.75) is 37.8 Å². The van der Waals surface area contributed by atoms with Crippen LogP contribution in [-0.4, -0.2) is 93.5 Å². The molecule has 226 valence electrons. The molecule has 2 aliphatic rings. The van der Waals surface area contributed by atoms with Gasteiger partial charge in [-0.3, -0.25) is 14.2 Å². The molecule has 0 saturated carbocycles. The van der Waals surface area contributed by atoms with Gasteiger partial charge >= 0.3 is 24.3 Å². The molecule has 16 heteroatoms. The second-order valence-electron chi connectivity index (χ2n) is 9.39. The second-order valence-corrected chi connectivity index (χ2v) is 9.39. The summed E-state index contributed by atoms with van der Waals surface area (Å²) in [4.78, 5) is 30.2. The van der Waals surface area contributed by atoms with E-state index < -0.39 is 24.3 Å². The highest BCUT2D eigenvalue weighted by Crippen LogP contribution is 2.28. The fourth-order valence-electron chi connectivity index (χ4n) is 4.40. The van der Waals surface area contributed by atoms with Crippen LogP contribution in [0.1, 0.15) is 30.3 Å². The normalized spacial score (nSPS) is 18.4. The van der Waals surface area contributed by atoms with Crippen molar-refractivity contribution < 1.29 is 50.6 Å². The number of likely N-dealkylation sites (N-methyl/N-ethyl adjacent to an activating group) is 1. The molecule has 0 aliphatic carbocycles. The molecule has 0 amide bonds. The number of fused-ring (bicyclic) bond motifs is 1. The quantitative estimate of drug-likeness (QED) is 0.428. The number of halogens is 6. The lowest BCUT2D eigenvalue weighted by Gasteiger charge is -2.38. The summed E-state index contributed by atoms with van der Waals surface area (Å²) in [6, 6.07) is 10.8. The van der Waals surface area contributed by atoms with Crippen molar-refractivity contribution in [3.05, 3.63) is 54.2 Å². The Morgan fingerprint density at radius 3 is 2.10 bits per heavy atom. The first-order valence-electron chi connectivity index (χ1n) is 12.4. The Hall–Kier alpha value is -3.79. The number of piperazine rings is 1. The summed E-state index contributed by atoms with van der Waals surface area (Å²) in [6.07, 6.45) is -3.60. The van der Waals surface area contributed by atoms with Gasteiger partial charge in [-0.15, -0.1) is 0 Å². The number of pyridine rings is 1. The topological polar surface area (TPSA) is 115 Å². The molecule has 5 heterocycles. The van der Waals surface area contributed by atoms with Crippen LogP contribution in [0.15, 0.2) is 47.2 Å². The van der Waals surface area contributed by atoms with E-state index in [1.807, 2.05) is 6.07 Å². The minimum Gasteiger partial charge on any atom is -0.475 e. The Kier molecular flexibility index (Phi) is 10.3. The van der Waals surface area contributed by atoms with E-state index in [4.69, 9.17) is 29.2 Å². The van der Waals surface area contributed by atoms with E-state index in [0.717, 1.165) is 56.4 Å². The van der Waals surface area contributed by atoms with Crippen molar-refractivity contribution in [3.8, 4) is 0 Å². The first kappa shape index (κ1) is 31.7. The van der Waals surface area contributed by atoms with Gasteiger partial charge in [0.1, 0.15) is 17.2 Å². The maximum Gasteiger partial charge on any atom is 0.490 e. The van der Waals surface area contributed by atoms with Gasteiger partial charge in [0.2, 0.25) is 0 Å². The standard InChI is InChI=1S/C21H27N5O.2C2HF3O2/c1-23-11-12-24(14-17-6-5-13-27-17)16-19(23)18-15-26-20(22-18)7-4-8-21(26)25-9-2-3-10-25;2*3-2(4,5)1(6)7/h4-8,13,15,19H,2-3,9-12,14,16H2,1H3;2*(H,6,7). The number of aliphatic carboxylic acids is 2. The van der Waals surface area contributed by atoms with Gasteiger partial charge in [0.15, 0.2) is 0 Å². The van der Waals surface area contributed by atoms with Crippen molar-refractivity contribution in [2.24, 2.45) is 0 Å². The molecule has 1 unspecified atom stereocenters. The lowest BCUT2D eigenvalue weighted by atomic mass is 10.1. The van der Waals surface area contributed by atoms with Gasteiger partial charge in [-0.05, 0) is 44.2 Å². The van der Waals surface area contributed by atoms with Crippen molar-refractivity contribution in [1.29, 1.82) is 0 Å². The zero-order chi connectivity index (χ0) is 30.4. The van der Waals surface area contributed by atoms with Crippen molar-refractivity contribution in [1.82, 2.24) is 19.2 Å². The van der Waals surface area contributed by atoms with Crippen LogP contribution in [0.5, 0.6) is 0 Å². The molecule has 3 aromatic rings. The fourth-order valence-corrected chi connectivity index (χ4v) is 4.40. The van der Waals surface area contributed by atoms with Gasteiger partial charge in [0.05, 0.1) is 24.5 Å². The largest absolute Gasteiger partial charge is 0.490 e. The molecule has 0 aromatic carbocycles. The fraction of sp³-hybridized carbons (Fsp3) is 0.480. The maximum absolute atomic E-state index is 10.6. The van der Waals surface area contributed by atoms with Crippen LogP contribution in [0.2, 0.25) is 0 Å². The summed E-state index contributed by atoms with van der Waals surface area (Å²) in [5, 5.41) is 14.2. The zero-order valence-electron chi connectivity index (χ0n) is 21.9. The summed E-state index contributed by atoms with van der Waals surface area (Å²) >= 11 is 0. The van der Waals surface area contributed by atoms with Gasteiger partial charge in [0.25, 0.3) is 0 Å². The highest BCUT2D eigenvalue weighted by Gasteiger charge is 2.39. The monoisotopic (exact) mass is 593 g/mol. The van der Waals surface area contributed by atoms with E-state index in [0.29, 0.717) is 6.04 Å². The van der Waals surface area contributed by atoms with Crippen LogP contribution in [0.4, 0.5) is 32.2 Å². The Morgan fingerprint density at radius 1 is 0.951 bits per heavy atom. The summed E-state index contributed by atoms with van der Waals surface area (Å²) in [5.74, 6) is -3.21. The van der Waals surface area contributed by atoms with Gasteiger partial charge < -0.3 is 19.5 Å². The number of carboxylic acid groups (broad SMARTS) is 2. The Morgan fingerprint density at radius 2 is 1.56 bits per heavy atom. The third kappa shape index (κ3) is 8.85. The molecular formula is C25H29F6N5O5. The summed E-state index contributed by atoms with van der Waals surface area (Å²) in [6.45, 7) is 6.22. The highest BCUT2D eigenvalue weighted by atomic mass is 19.4. The lowest BCUT2D eigenvalue weighted by molar-refractivity contribution is -0.193. The van der Waals surface area contributed by atoms with Crippen LogP contribution < -0.4 is 4.90 Å². The molecule has 2 fully saturated rings. The number of anilines is 1. The molecule has 0 radical (unpaired) electrons. The average Bonchev–Trinajstić information content (AvgIpc) is 3.66. The SMILES string of the molecule is CN1CCN(Cc2ccco2)CC1c1cn2c(N3CCCC3)cccc2n1.O=C(O)C(F)(F)F.O=C(O)C(F)(F)F. The summed E-state index contributed by atoms with van der Waals surface area (Å²) in [7, 11) is 2.21. The predicted molar refractivity (Wildman–Crippen MR) is 133 cm³/mol. The first-order valence-corrected chi connectivity index (χ1v) is 12.4. The lowest BCUT2D eigenvalue weighted by Crippen LogP contribution is -2.46. The van der Waals surface area contributed by atoms with Gasteiger partial charge in [0, 0.05) is 38.9 Å². The van der Waals surface area contributed by atoms with Crippen LogP contribution in [0, 0.1) is 0 Å². The zero-order valence-corrected chi connectivity index (χ0v) is 21.9. The van der Waals surface area contributed by atoms with E-state index in [1.165, 1.54) is 18.7 Å². The average molecular weight is 594 g/mol. The number of hydrogen-bond acceptors (Lipinski definition) is 7. The molecule has 5 rings (SSSR count). The molecule has 2 saturated heterocycles. The van der Waals surface area contributed by atoms with Crippen molar-refractivity contribution >= 4 is 23.4 Å². The third-order valence-electron chi connectivity index (χ3n) is 6.44. The molecular weight excluding hydrogens is 564 g/mol. The highest BCUT2D eigenvalue weighted by molar-refractivity contribution is 5.73. The molecule has 0 bridgehead atoms. The predicted octanol–water partition coefficient (Wildman–Crippen LogP) is 4.28.